The maximum atomic E-state index is 6.17. The zero-order chi connectivity index (χ0) is 17.3. The van der Waals surface area contributed by atoms with Crippen molar-refractivity contribution in [1.82, 2.24) is 9.97 Å². The molecule has 2 nitrogen and oxygen atoms in total. The van der Waals surface area contributed by atoms with Crippen LogP contribution in [-0.4, -0.2) is 9.97 Å². The quantitative estimate of drug-likeness (QED) is 0.270. The van der Waals surface area contributed by atoms with Crippen LogP contribution in [0.5, 0.6) is 0 Å². The van der Waals surface area contributed by atoms with Crippen LogP contribution in [-0.2, 0) is 0 Å². The second-order valence-corrected chi connectivity index (χ2v) is 7.88. The Morgan fingerprint density at radius 2 is 1.23 bits per heavy atom. The van der Waals surface area contributed by atoms with Crippen molar-refractivity contribution in [2.24, 2.45) is 0 Å². The molecule has 0 aliphatic heterocycles. The van der Waals surface area contributed by atoms with Crippen LogP contribution < -0.4 is 0 Å². The van der Waals surface area contributed by atoms with Crippen LogP contribution in [0.25, 0.3) is 53.0 Å². The highest BCUT2D eigenvalue weighted by Crippen LogP contribution is 2.38. The summed E-state index contributed by atoms with van der Waals surface area (Å²) in [6.45, 7) is 0. The zero-order valence-electron chi connectivity index (χ0n) is 13.5. The van der Waals surface area contributed by atoms with E-state index in [9.17, 15) is 0 Å². The molecular weight excluding hydrogens is 360 g/mol. The molecule has 4 heteroatoms. The number of hydrogen-bond acceptors (Lipinski definition) is 3. The lowest BCUT2D eigenvalue weighted by Gasteiger charge is -2.08. The molecule has 0 fully saturated rings. The summed E-state index contributed by atoms with van der Waals surface area (Å²) in [5.41, 5.74) is 2.88. The number of rotatable bonds is 0. The summed E-state index contributed by atoms with van der Waals surface area (Å²) in [6, 6.07) is 22.8. The Balaban J connectivity index is 1.93. The predicted molar refractivity (Wildman–Crippen MR) is 112 cm³/mol. The van der Waals surface area contributed by atoms with Crippen molar-refractivity contribution in [3.05, 3.63) is 71.8 Å². The van der Waals surface area contributed by atoms with Crippen molar-refractivity contribution in [3.63, 3.8) is 0 Å². The highest BCUT2D eigenvalue weighted by atomic mass is 35.5. The second kappa shape index (κ2) is 5.13. The standard InChI is InChI=1S/C22H11ClN2S/c23-12-9-10-17-18(11-12)26-22-21(17)24-19-15-7-3-1-5-13(15)14-6-2-4-8-16(14)20(19)25-22/h1-11H. The van der Waals surface area contributed by atoms with E-state index in [2.05, 4.69) is 48.5 Å². The molecule has 0 radical (unpaired) electrons. The molecule has 122 valence electrons. The first-order valence-electron chi connectivity index (χ1n) is 8.38. The lowest BCUT2D eigenvalue weighted by molar-refractivity contribution is 1.46. The monoisotopic (exact) mass is 370 g/mol. The van der Waals surface area contributed by atoms with Gasteiger partial charge in [-0.25, -0.2) is 9.97 Å². The zero-order valence-corrected chi connectivity index (χ0v) is 15.1. The largest absolute Gasteiger partial charge is 0.242 e. The van der Waals surface area contributed by atoms with Gasteiger partial charge in [0.15, 0.2) is 0 Å². The topological polar surface area (TPSA) is 25.8 Å². The molecule has 0 saturated carbocycles. The predicted octanol–water partition coefficient (Wildman–Crippen LogP) is 6.96. The minimum atomic E-state index is 0.740. The third-order valence-corrected chi connectivity index (χ3v) is 6.19. The fourth-order valence-corrected chi connectivity index (χ4v) is 5.07. The minimum Gasteiger partial charge on any atom is -0.242 e. The molecule has 2 aromatic heterocycles. The van der Waals surface area contributed by atoms with E-state index in [1.54, 1.807) is 11.3 Å². The van der Waals surface area contributed by atoms with Crippen LogP contribution in [0.2, 0.25) is 5.02 Å². The van der Waals surface area contributed by atoms with Gasteiger partial charge in [-0.05, 0) is 29.0 Å². The van der Waals surface area contributed by atoms with E-state index >= 15 is 0 Å². The number of halogens is 1. The van der Waals surface area contributed by atoms with Gasteiger partial charge >= 0.3 is 0 Å². The van der Waals surface area contributed by atoms with Gasteiger partial charge in [-0.3, -0.25) is 0 Å². The molecule has 26 heavy (non-hydrogen) atoms. The van der Waals surface area contributed by atoms with Gasteiger partial charge in [0.2, 0.25) is 0 Å². The van der Waals surface area contributed by atoms with Crippen LogP contribution in [0, 0.1) is 0 Å². The summed E-state index contributed by atoms with van der Waals surface area (Å²) < 4.78 is 1.12. The first-order valence-corrected chi connectivity index (χ1v) is 9.58. The van der Waals surface area contributed by atoms with E-state index in [0.29, 0.717) is 0 Å². The molecule has 0 saturated heterocycles. The number of aromatic nitrogens is 2. The van der Waals surface area contributed by atoms with E-state index in [-0.39, 0.29) is 0 Å². The van der Waals surface area contributed by atoms with Gasteiger partial charge in [-0.2, -0.15) is 0 Å². The fourth-order valence-electron chi connectivity index (χ4n) is 3.77. The van der Waals surface area contributed by atoms with Gasteiger partial charge in [0.25, 0.3) is 0 Å². The van der Waals surface area contributed by atoms with Gasteiger partial charge in [-0.15, -0.1) is 11.3 Å². The minimum absolute atomic E-state index is 0.740. The van der Waals surface area contributed by atoms with Crippen molar-refractivity contribution >= 4 is 75.9 Å². The van der Waals surface area contributed by atoms with E-state index in [0.717, 1.165) is 47.3 Å². The molecular formula is C22H11ClN2S. The highest BCUT2D eigenvalue weighted by Gasteiger charge is 2.14. The molecule has 0 amide bonds. The smallest absolute Gasteiger partial charge is 0.143 e. The van der Waals surface area contributed by atoms with Crippen LogP contribution >= 0.6 is 22.9 Å². The molecule has 0 aliphatic rings. The number of hydrogen-bond donors (Lipinski definition) is 0. The second-order valence-electron chi connectivity index (χ2n) is 6.41. The first-order chi connectivity index (χ1) is 12.8. The summed E-state index contributed by atoms with van der Waals surface area (Å²) in [5, 5.41) is 6.57. The Morgan fingerprint density at radius 3 is 1.92 bits per heavy atom. The Hall–Kier alpha value is -2.75. The number of thiophene rings is 1. The van der Waals surface area contributed by atoms with Gasteiger partial charge in [0.05, 0.1) is 11.0 Å². The Kier molecular flexibility index (Phi) is 2.85. The normalized spacial score (nSPS) is 12.0. The Morgan fingerprint density at radius 1 is 0.615 bits per heavy atom. The van der Waals surface area contributed by atoms with Crippen LogP contribution in [0.3, 0.4) is 0 Å². The van der Waals surface area contributed by atoms with Crippen molar-refractivity contribution in [2.75, 3.05) is 0 Å². The molecule has 4 aromatic carbocycles. The third kappa shape index (κ3) is 1.87. The maximum Gasteiger partial charge on any atom is 0.143 e. The molecule has 0 unspecified atom stereocenters. The summed E-state index contributed by atoms with van der Waals surface area (Å²) in [4.78, 5) is 11.1. The van der Waals surface area contributed by atoms with Gasteiger partial charge in [0.1, 0.15) is 10.3 Å². The van der Waals surface area contributed by atoms with Crippen LogP contribution in [0.15, 0.2) is 66.7 Å². The van der Waals surface area contributed by atoms with E-state index in [1.165, 1.54) is 10.8 Å². The van der Waals surface area contributed by atoms with Crippen molar-refractivity contribution in [3.8, 4) is 0 Å². The Labute approximate surface area is 157 Å². The molecule has 0 aliphatic carbocycles. The molecule has 2 heterocycles. The maximum absolute atomic E-state index is 6.17. The van der Waals surface area contributed by atoms with Gasteiger partial charge < -0.3 is 0 Å². The molecule has 0 spiro atoms. The number of fused-ring (bicyclic) bond motifs is 9. The summed E-state index contributed by atoms with van der Waals surface area (Å²) in [6.07, 6.45) is 0. The Bertz CT molecular complexity index is 1500. The van der Waals surface area contributed by atoms with Crippen LogP contribution in [0.1, 0.15) is 0 Å². The third-order valence-electron chi connectivity index (χ3n) is 4.92. The summed E-state index contributed by atoms with van der Waals surface area (Å²) in [5.74, 6) is 0. The van der Waals surface area contributed by atoms with Gasteiger partial charge in [-0.1, -0.05) is 60.1 Å². The molecule has 0 bridgehead atoms. The molecule has 6 rings (SSSR count). The lowest BCUT2D eigenvalue weighted by atomic mass is 9.99. The SMILES string of the molecule is Clc1ccc2c(c1)sc1nc3c4ccccc4c4ccccc4c3nc12. The summed E-state index contributed by atoms with van der Waals surface area (Å²) >= 11 is 7.82. The molecule has 6 aromatic rings. The first kappa shape index (κ1) is 14.4. The van der Waals surface area contributed by atoms with E-state index < -0.39 is 0 Å². The molecule has 0 atom stereocenters. The average molecular weight is 371 g/mol. The van der Waals surface area contributed by atoms with Crippen molar-refractivity contribution in [1.29, 1.82) is 0 Å². The molecule has 0 N–H and O–H groups in total. The number of benzene rings is 4. The highest BCUT2D eigenvalue weighted by molar-refractivity contribution is 7.25. The van der Waals surface area contributed by atoms with Crippen molar-refractivity contribution in [2.45, 2.75) is 0 Å². The van der Waals surface area contributed by atoms with E-state index in [4.69, 9.17) is 21.6 Å². The average Bonchev–Trinajstić information content (AvgIpc) is 3.03. The number of nitrogens with zero attached hydrogens (tertiary/aromatic N) is 2. The lowest BCUT2D eigenvalue weighted by Crippen LogP contribution is -1.89. The fraction of sp³-hybridized carbons (Fsp3) is 0. The van der Waals surface area contributed by atoms with Crippen LogP contribution in [0.4, 0.5) is 0 Å². The van der Waals surface area contributed by atoms with Crippen molar-refractivity contribution < 1.29 is 0 Å². The summed E-state index contributed by atoms with van der Waals surface area (Å²) in [7, 11) is 0. The van der Waals surface area contributed by atoms with E-state index in [1.807, 2.05) is 18.2 Å². The van der Waals surface area contributed by atoms with Gasteiger partial charge in [0, 0.05) is 25.9 Å².